The Bertz CT molecular complexity index is 618. The lowest BCUT2D eigenvalue weighted by Gasteiger charge is -2.23. The van der Waals surface area contributed by atoms with Gasteiger partial charge in [-0.05, 0) is 25.9 Å². The van der Waals surface area contributed by atoms with E-state index in [0.717, 1.165) is 37.7 Å². The SMILES string of the molecule is Fc1cc(F)c(-n2cncc2C2CCNCC2)cc1F. The van der Waals surface area contributed by atoms with Crippen molar-refractivity contribution in [3.63, 3.8) is 0 Å². The molecule has 0 amide bonds. The van der Waals surface area contributed by atoms with E-state index < -0.39 is 17.5 Å². The van der Waals surface area contributed by atoms with Crippen LogP contribution in [0.1, 0.15) is 24.5 Å². The molecule has 2 heterocycles. The molecule has 1 aromatic heterocycles. The summed E-state index contributed by atoms with van der Waals surface area (Å²) in [6.07, 6.45) is 4.93. The molecule has 0 saturated carbocycles. The number of halogens is 3. The summed E-state index contributed by atoms with van der Waals surface area (Å²) in [7, 11) is 0. The normalized spacial score (nSPS) is 16.6. The Morgan fingerprint density at radius 1 is 1.05 bits per heavy atom. The summed E-state index contributed by atoms with van der Waals surface area (Å²) in [5.41, 5.74) is 0.825. The van der Waals surface area contributed by atoms with Crippen molar-refractivity contribution in [1.82, 2.24) is 14.9 Å². The largest absolute Gasteiger partial charge is 0.317 e. The molecule has 0 spiro atoms. The van der Waals surface area contributed by atoms with Crippen LogP contribution in [0.25, 0.3) is 5.69 Å². The van der Waals surface area contributed by atoms with Gasteiger partial charge in [0.15, 0.2) is 11.6 Å². The van der Waals surface area contributed by atoms with Gasteiger partial charge in [-0.25, -0.2) is 18.2 Å². The quantitative estimate of drug-likeness (QED) is 0.858. The molecule has 1 saturated heterocycles. The molecule has 20 heavy (non-hydrogen) atoms. The molecule has 1 fully saturated rings. The average molecular weight is 281 g/mol. The Morgan fingerprint density at radius 2 is 1.75 bits per heavy atom. The Balaban J connectivity index is 2.03. The van der Waals surface area contributed by atoms with Crippen LogP contribution in [0, 0.1) is 17.5 Å². The number of rotatable bonds is 2. The minimum Gasteiger partial charge on any atom is -0.317 e. The van der Waals surface area contributed by atoms with Crippen LogP contribution in [0.3, 0.4) is 0 Å². The summed E-state index contributed by atoms with van der Waals surface area (Å²) < 4.78 is 41.7. The molecular weight excluding hydrogens is 267 g/mol. The van der Waals surface area contributed by atoms with Gasteiger partial charge in [0.2, 0.25) is 0 Å². The highest BCUT2D eigenvalue weighted by atomic mass is 19.2. The topological polar surface area (TPSA) is 29.9 Å². The first-order valence-corrected chi connectivity index (χ1v) is 6.54. The maximum atomic E-state index is 13.9. The summed E-state index contributed by atoms with van der Waals surface area (Å²) in [4.78, 5) is 4.03. The van der Waals surface area contributed by atoms with Gasteiger partial charge in [0.25, 0.3) is 0 Å². The van der Waals surface area contributed by atoms with Gasteiger partial charge in [-0.1, -0.05) is 0 Å². The predicted octanol–water partition coefficient (Wildman–Crippen LogP) is 2.76. The molecule has 2 aromatic rings. The average Bonchev–Trinajstić information content (AvgIpc) is 2.93. The van der Waals surface area contributed by atoms with E-state index in [0.29, 0.717) is 6.07 Å². The molecule has 0 aliphatic carbocycles. The molecule has 3 rings (SSSR count). The summed E-state index contributed by atoms with van der Waals surface area (Å²) in [5.74, 6) is -2.80. The highest BCUT2D eigenvalue weighted by molar-refractivity contribution is 5.37. The Morgan fingerprint density at radius 3 is 2.50 bits per heavy atom. The van der Waals surface area contributed by atoms with E-state index in [9.17, 15) is 13.2 Å². The van der Waals surface area contributed by atoms with Crippen molar-refractivity contribution in [2.75, 3.05) is 13.1 Å². The van der Waals surface area contributed by atoms with Crippen molar-refractivity contribution in [2.24, 2.45) is 0 Å². The highest BCUT2D eigenvalue weighted by Crippen LogP contribution is 2.28. The van der Waals surface area contributed by atoms with Gasteiger partial charge in [0, 0.05) is 29.9 Å². The lowest BCUT2D eigenvalue weighted by molar-refractivity contribution is 0.447. The first kappa shape index (κ1) is 13.2. The van der Waals surface area contributed by atoms with Crippen molar-refractivity contribution >= 4 is 0 Å². The van der Waals surface area contributed by atoms with E-state index in [1.54, 1.807) is 6.20 Å². The van der Waals surface area contributed by atoms with Gasteiger partial charge in [0.1, 0.15) is 5.82 Å². The minimum absolute atomic E-state index is 0.00469. The summed E-state index contributed by atoms with van der Waals surface area (Å²) >= 11 is 0. The van der Waals surface area contributed by atoms with Crippen LogP contribution in [0.2, 0.25) is 0 Å². The van der Waals surface area contributed by atoms with Crippen molar-refractivity contribution in [2.45, 2.75) is 18.8 Å². The van der Waals surface area contributed by atoms with Crippen LogP contribution >= 0.6 is 0 Å². The maximum Gasteiger partial charge on any atom is 0.161 e. The van der Waals surface area contributed by atoms with Gasteiger partial charge < -0.3 is 5.32 Å². The third kappa shape index (κ3) is 2.31. The standard InChI is InChI=1S/C14H14F3N3/c15-10-5-12(17)13(6-11(10)16)20-8-19-7-14(20)9-1-3-18-4-2-9/h5-9,18H,1-4H2. The molecule has 1 aliphatic rings. The number of nitrogens with one attached hydrogen (secondary N) is 1. The van der Waals surface area contributed by atoms with E-state index in [4.69, 9.17) is 0 Å². The second kappa shape index (κ2) is 5.28. The molecule has 0 bridgehead atoms. The number of imidazole rings is 1. The zero-order valence-corrected chi connectivity index (χ0v) is 10.7. The van der Waals surface area contributed by atoms with Crippen molar-refractivity contribution in [3.8, 4) is 5.69 Å². The van der Waals surface area contributed by atoms with Gasteiger partial charge in [0.05, 0.1) is 12.0 Å². The fraction of sp³-hybridized carbons (Fsp3) is 0.357. The molecule has 0 unspecified atom stereocenters. The molecule has 6 heteroatoms. The fourth-order valence-corrected chi connectivity index (χ4v) is 2.62. The molecule has 3 nitrogen and oxygen atoms in total. The van der Waals surface area contributed by atoms with Gasteiger partial charge in [-0.3, -0.25) is 4.57 Å². The molecule has 1 aliphatic heterocycles. The van der Waals surface area contributed by atoms with Crippen LogP contribution in [-0.4, -0.2) is 22.6 Å². The first-order chi connectivity index (χ1) is 9.66. The Kier molecular flexibility index (Phi) is 3.48. The first-order valence-electron chi connectivity index (χ1n) is 6.54. The number of piperidine rings is 1. The van der Waals surface area contributed by atoms with Crippen LogP contribution in [0.4, 0.5) is 13.2 Å². The van der Waals surface area contributed by atoms with Crippen LogP contribution in [0.15, 0.2) is 24.7 Å². The number of benzene rings is 1. The zero-order chi connectivity index (χ0) is 14.1. The lowest BCUT2D eigenvalue weighted by atomic mass is 9.95. The van der Waals surface area contributed by atoms with E-state index >= 15 is 0 Å². The summed E-state index contributed by atoms with van der Waals surface area (Å²) in [5, 5.41) is 3.25. The van der Waals surface area contributed by atoms with Crippen molar-refractivity contribution < 1.29 is 13.2 Å². The Labute approximate surface area is 114 Å². The monoisotopic (exact) mass is 281 g/mol. The number of aromatic nitrogens is 2. The predicted molar refractivity (Wildman–Crippen MR) is 68.3 cm³/mol. The van der Waals surface area contributed by atoms with E-state index in [1.165, 1.54) is 10.9 Å². The smallest absolute Gasteiger partial charge is 0.161 e. The van der Waals surface area contributed by atoms with Crippen LogP contribution < -0.4 is 5.32 Å². The molecule has 1 N–H and O–H groups in total. The molecular formula is C14H14F3N3. The number of nitrogens with zero attached hydrogens (tertiary/aromatic N) is 2. The molecule has 0 radical (unpaired) electrons. The third-order valence-corrected chi connectivity index (χ3v) is 3.67. The van der Waals surface area contributed by atoms with Crippen molar-refractivity contribution in [3.05, 3.63) is 47.8 Å². The molecule has 0 atom stereocenters. The second-order valence-electron chi connectivity index (χ2n) is 4.93. The van der Waals surface area contributed by atoms with Gasteiger partial charge in [-0.15, -0.1) is 0 Å². The summed E-state index contributed by atoms with van der Waals surface area (Å²) in [6, 6.07) is 1.44. The van der Waals surface area contributed by atoms with E-state index in [1.807, 2.05) is 0 Å². The number of hydrogen-bond donors (Lipinski definition) is 1. The third-order valence-electron chi connectivity index (χ3n) is 3.67. The second-order valence-corrected chi connectivity index (χ2v) is 4.93. The van der Waals surface area contributed by atoms with Gasteiger partial charge >= 0.3 is 0 Å². The number of hydrogen-bond acceptors (Lipinski definition) is 2. The maximum absolute atomic E-state index is 13.9. The lowest BCUT2D eigenvalue weighted by Crippen LogP contribution is -2.27. The fourth-order valence-electron chi connectivity index (χ4n) is 2.62. The van der Waals surface area contributed by atoms with Crippen LogP contribution in [0.5, 0.6) is 0 Å². The van der Waals surface area contributed by atoms with Crippen LogP contribution in [-0.2, 0) is 0 Å². The molecule has 106 valence electrons. The zero-order valence-electron chi connectivity index (χ0n) is 10.7. The summed E-state index contributed by atoms with van der Waals surface area (Å²) in [6.45, 7) is 1.77. The molecule has 1 aromatic carbocycles. The van der Waals surface area contributed by atoms with E-state index in [-0.39, 0.29) is 11.6 Å². The Hall–Kier alpha value is -1.82. The highest BCUT2D eigenvalue weighted by Gasteiger charge is 2.21. The van der Waals surface area contributed by atoms with Gasteiger partial charge in [-0.2, -0.15) is 0 Å². The van der Waals surface area contributed by atoms with E-state index in [2.05, 4.69) is 10.3 Å². The minimum atomic E-state index is -1.19. The van der Waals surface area contributed by atoms with Crippen molar-refractivity contribution in [1.29, 1.82) is 0 Å².